The second kappa shape index (κ2) is 8.50. The molecule has 0 bridgehead atoms. The number of carboxylic acid groups (broad SMARTS) is 1. The molecule has 0 aliphatic carbocycles. The Balaban J connectivity index is 1.43. The zero-order chi connectivity index (χ0) is 22.8. The van der Waals surface area contributed by atoms with Crippen molar-refractivity contribution in [1.82, 2.24) is 10.2 Å². The van der Waals surface area contributed by atoms with E-state index in [9.17, 15) is 24.0 Å². The van der Waals surface area contributed by atoms with E-state index < -0.39 is 23.8 Å². The zero-order valence-electron chi connectivity index (χ0n) is 16.8. The van der Waals surface area contributed by atoms with Gasteiger partial charge in [-0.3, -0.25) is 24.5 Å². The third-order valence-corrected chi connectivity index (χ3v) is 5.29. The number of carbonyl (C=O) groups is 5. The quantitative estimate of drug-likeness (QED) is 0.576. The van der Waals surface area contributed by atoms with Gasteiger partial charge in [-0.25, -0.2) is 4.79 Å². The minimum absolute atomic E-state index is 0.0386. The van der Waals surface area contributed by atoms with E-state index >= 15 is 0 Å². The molecule has 1 fully saturated rings. The Hall–Kier alpha value is -4.21. The molecule has 1 unspecified atom stereocenters. The third kappa shape index (κ3) is 4.15. The van der Waals surface area contributed by atoms with Crippen molar-refractivity contribution in [1.29, 1.82) is 0 Å². The largest absolute Gasteiger partial charge is 0.483 e. The summed E-state index contributed by atoms with van der Waals surface area (Å²) >= 11 is 0. The van der Waals surface area contributed by atoms with Crippen molar-refractivity contribution in [2.75, 3.05) is 11.9 Å². The monoisotopic (exact) mass is 437 g/mol. The maximum absolute atomic E-state index is 12.8. The minimum Gasteiger partial charge on any atom is -0.483 e. The molecule has 10 nitrogen and oxygen atoms in total. The van der Waals surface area contributed by atoms with Gasteiger partial charge in [0.1, 0.15) is 11.8 Å². The molecule has 10 heteroatoms. The first kappa shape index (κ1) is 21.0. The lowest BCUT2D eigenvalue weighted by Crippen LogP contribution is -2.52. The maximum Gasteiger partial charge on any atom is 0.335 e. The van der Waals surface area contributed by atoms with E-state index in [0.29, 0.717) is 22.6 Å². The molecule has 1 saturated heterocycles. The number of piperidine rings is 1. The molecule has 0 aromatic heterocycles. The number of benzene rings is 2. The Kier molecular flexibility index (Phi) is 5.59. The Morgan fingerprint density at radius 2 is 1.94 bits per heavy atom. The van der Waals surface area contributed by atoms with Crippen LogP contribution in [0.25, 0.3) is 0 Å². The van der Waals surface area contributed by atoms with Crippen LogP contribution in [0, 0.1) is 0 Å². The number of anilines is 1. The zero-order valence-corrected chi connectivity index (χ0v) is 16.8. The number of ether oxygens (including phenoxy) is 1. The summed E-state index contributed by atoms with van der Waals surface area (Å²) in [7, 11) is 0. The van der Waals surface area contributed by atoms with Gasteiger partial charge in [0.05, 0.1) is 12.1 Å². The molecule has 0 radical (unpaired) electrons. The molecule has 1 atom stereocenters. The van der Waals surface area contributed by atoms with E-state index in [1.54, 1.807) is 24.3 Å². The van der Waals surface area contributed by atoms with Gasteiger partial charge >= 0.3 is 5.97 Å². The van der Waals surface area contributed by atoms with Crippen molar-refractivity contribution in [3.05, 3.63) is 59.2 Å². The molecule has 2 aliphatic heterocycles. The molecule has 2 aromatic rings. The van der Waals surface area contributed by atoms with Gasteiger partial charge in [0.2, 0.25) is 11.8 Å². The SMILES string of the molecule is O=C1CCC(N2Cc3c(OCC(=O)Nc4cccc(C(=O)O)c4)cccc3C2=O)C(=O)N1. The van der Waals surface area contributed by atoms with Gasteiger partial charge in [-0.15, -0.1) is 0 Å². The highest BCUT2D eigenvalue weighted by atomic mass is 16.5. The van der Waals surface area contributed by atoms with Crippen LogP contribution in [0.5, 0.6) is 5.75 Å². The van der Waals surface area contributed by atoms with Gasteiger partial charge in [0.15, 0.2) is 6.61 Å². The van der Waals surface area contributed by atoms with Gasteiger partial charge in [-0.1, -0.05) is 12.1 Å². The molecule has 0 spiro atoms. The molecule has 2 heterocycles. The first-order valence-corrected chi connectivity index (χ1v) is 9.86. The van der Waals surface area contributed by atoms with Crippen molar-refractivity contribution in [3.8, 4) is 5.75 Å². The van der Waals surface area contributed by atoms with E-state index in [-0.39, 0.29) is 43.4 Å². The lowest BCUT2D eigenvalue weighted by atomic mass is 10.0. The average Bonchev–Trinajstić information content (AvgIpc) is 3.09. The lowest BCUT2D eigenvalue weighted by molar-refractivity contribution is -0.137. The number of nitrogens with one attached hydrogen (secondary N) is 2. The number of hydrogen-bond donors (Lipinski definition) is 3. The molecule has 4 rings (SSSR count). The first-order valence-electron chi connectivity index (χ1n) is 9.86. The second-order valence-electron chi connectivity index (χ2n) is 7.41. The van der Waals surface area contributed by atoms with Crippen LogP contribution in [-0.2, 0) is 20.9 Å². The first-order chi connectivity index (χ1) is 15.3. The summed E-state index contributed by atoms with van der Waals surface area (Å²) in [5, 5.41) is 13.9. The van der Waals surface area contributed by atoms with Crippen LogP contribution in [0.4, 0.5) is 5.69 Å². The molecule has 32 heavy (non-hydrogen) atoms. The van der Waals surface area contributed by atoms with E-state index in [0.717, 1.165) is 0 Å². The normalized spacial score (nSPS) is 17.6. The number of nitrogens with zero attached hydrogens (tertiary/aromatic N) is 1. The van der Waals surface area contributed by atoms with E-state index in [1.807, 2.05) is 0 Å². The summed E-state index contributed by atoms with van der Waals surface area (Å²) in [6.07, 6.45) is 0.404. The van der Waals surface area contributed by atoms with Crippen LogP contribution in [0.15, 0.2) is 42.5 Å². The van der Waals surface area contributed by atoms with Gasteiger partial charge in [0, 0.05) is 23.2 Å². The number of fused-ring (bicyclic) bond motifs is 1. The summed E-state index contributed by atoms with van der Waals surface area (Å²) in [5.41, 5.74) is 1.29. The van der Waals surface area contributed by atoms with Gasteiger partial charge in [-0.05, 0) is 36.8 Å². The molecular formula is C22H19N3O7. The van der Waals surface area contributed by atoms with Crippen LogP contribution < -0.4 is 15.4 Å². The summed E-state index contributed by atoms with van der Waals surface area (Å²) in [4.78, 5) is 61.1. The van der Waals surface area contributed by atoms with Crippen LogP contribution in [0.2, 0.25) is 0 Å². The van der Waals surface area contributed by atoms with Gasteiger partial charge in [0.25, 0.3) is 11.8 Å². The maximum atomic E-state index is 12.8. The minimum atomic E-state index is -1.11. The Morgan fingerprint density at radius 3 is 2.69 bits per heavy atom. The standard InChI is InChI=1S/C22H19N3O7/c26-18-8-7-16(20(28)24-18)25-10-15-14(21(25)29)5-2-6-17(15)32-11-19(27)23-13-4-1-3-12(9-13)22(30)31/h1-6,9,16H,7-8,10-11H2,(H,23,27)(H,30,31)(H,24,26,28). The average molecular weight is 437 g/mol. The summed E-state index contributed by atoms with van der Waals surface area (Å²) in [6.45, 7) is -0.237. The van der Waals surface area contributed by atoms with Crippen molar-refractivity contribution < 1.29 is 33.8 Å². The highest BCUT2D eigenvalue weighted by molar-refractivity contribution is 6.05. The number of imide groups is 1. The fraction of sp³-hybridized carbons (Fsp3) is 0.227. The molecule has 2 aliphatic rings. The molecule has 164 valence electrons. The van der Waals surface area contributed by atoms with Crippen molar-refractivity contribution >= 4 is 35.3 Å². The van der Waals surface area contributed by atoms with Gasteiger partial charge in [-0.2, -0.15) is 0 Å². The fourth-order valence-corrected chi connectivity index (χ4v) is 3.76. The van der Waals surface area contributed by atoms with Gasteiger partial charge < -0.3 is 20.1 Å². The van der Waals surface area contributed by atoms with Crippen LogP contribution in [0.1, 0.15) is 39.1 Å². The molecule has 4 amide bonds. The fourth-order valence-electron chi connectivity index (χ4n) is 3.76. The predicted molar refractivity (Wildman–Crippen MR) is 110 cm³/mol. The highest BCUT2D eigenvalue weighted by Crippen LogP contribution is 2.33. The predicted octanol–water partition coefficient (Wildman–Crippen LogP) is 1.16. The molecule has 2 aromatic carbocycles. The van der Waals surface area contributed by atoms with Crippen LogP contribution in [-0.4, -0.2) is 52.3 Å². The topological polar surface area (TPSA) is 142 Å². The lowest BCUT2D eigenvalue weighted by Gasteiger charge is -2.29. The van der Waals surface area contributed by atoms with Crippen molar-refractivity contribution in [2.24, 2.45) is 0 Å². The number of aromatic carboxylic acids is 1. The van der Waals surface area contributed by atoms with Crippen LogP contribution in [0.3, 0.4) is 0 Å². The Bertz CT molecular complexity index is 1140. The Labute approximate surface area is 182 Å². The molecule has 3 N–H and O–H groups in total. The number of amides is 4. The summed E-state index contributed by atoms with van der Waals surface area (Å²) in [5.74, 6) is -2.49. The number of hydrogen-bond acceptors (Lipinski definition) is 6. The summed E-state index contributed by atoms with van der Waals surface area (Å²) < 4.78 is 5.63. The van der Waals surface area contributed by atoms with Crippen LogP contribution >= 0.6 is 0 Å². The van der Waals surface area contributed by atoms with Crippen molar-refractivity contribution in [2.45, 2.75) is 25.4 Å². The van der Waals surface area contributed by atoms with E-state index in [2.05, 4.69) is 10.6 Å². The smallest absolute Gasteiger partial charge is 0.335 e. The van der Waals surface area contributed by atoms with E-state index in [4.69, 9.17) is 9.84 Å². The number of rotatable bonds is 6. The molecular weight excluding hydrogens is 418 g/mol. The number of carbonyl (C=O) groups excluding carboxylic acids is 4. The van der Waals surface area contributed by atoms with E-state index in [1.165, 1.54) is 23.1 Å². The highest BCUT2D eigenvalue weighted by Gasteiger charge is 2.40. The number of carboxylic acids is 1. The second-order valence-corrected chi connectivity index (χ2v) is 7.41. The molecule has 0 saturated carbocycles. The third-order valence-electron chi connectivity index (χ3n) is 5.29. The Morgan fingerprint density at radius 1 is 1.16 bits per heavy atom. The summed E-state index contributed by atoms with van der Waals surface area (Å²) in [6, 6.07) is 9.93. The van der Waals surface area contributed by atoms with Crippen molar-refractivity contribution in [3.63, 3.8) is 0 Å².